The molecule has 0 bridgehead atoms. The van der Waals surface area contributed by atoms with E-state index in [2.05, 4.69) is 17.0 Å². The summed E-state index contributed by atoms with van der Waals surface area (Å²) < 4.78 is 26.5. The molecule has 2 atom stereocenters. The minimum Gasteiger partial charge on any atom is -0.382 e. The molecular formula is C15H24N2O2S. The fourth-order valence-corrected chi connectivity index (χ4v) is 3.51. The van der Waals surface area contributed by atoms with Gasteiger partial charge in [-0.15, -0.1) is 0 Å². The Hall–Kier alpha value is -1.07. The van der Waals surface area contributed by atoms with Gasteiger partial charge in [0, 0.05) is 18.3 Å². The average Bonchev–Trinajstić information content (AvgIpc) is 3.15. The van der Waals surface area contributed by atoms with Crippen molar-refractivity contribution in [3.8, 4) is 0 Å². The molecule has 1 saturated carbocycles. The predicted molar refractivity (Wildman–Crippen MR) is 82.3 cm³/mol. The van der Waals surface area contributed by atoms with Crippen molar-refractivity contribution in [1.29, 1.82) is 0 Å². The van der Waals surface area contributed by atoms with E-state index in [1.165, 1.54) is 19.3 Å². The fourth-order valence-electron chi connectivity index (χ4n) is 2.38. The summed E-state index contributed by atoms with van der Waals surface area (Å²) in [7, 11) is -3.35. The van der Waals surface area contributed by atoms with Crippen molar-refractivity contribution in [3.05, 3.63) is 24.3 Å². The first-order valence-corrected chi connectivity index (χ1v) is 8.91. The van der Waals surface area contributed by atoms with Crippen LogP contribution in [0.2, 0.25) is 0 Å². The number of rotatable bonds is 8. The molecule has 2 N–H and O–H groups in total. The van der Waals surface area contributed by atoms with Gasteiger partial charge in [-0.05, 0) is 49.4 Å². The van der Waals surface area contributed by atoms with Gasteiger partial charge in [-0.3, -0.25) is 0 Å². The molecule has 5 heteroatoms. The Morgan fingerprint density at radius 1 is 1.15 bits per heavy atom. The normalized spacial score (nSPS) is 21.7. The second-order valence-corrected chi connectivity index (χ2v) is 7.22. The van der Waals surface area contributed by atoms with Gasteiger partial charge in [0.1, 0.15) is 0 Å². The first kappa shape index (κ1) is 15.3. The third-order valence-corrected chi connectivity index (χ3v) is 5.12. The Morgan fingerprint density at radius 2 is 1.85 bits per heavy atom. The van der Waals surface area contributed by atoms with Crippen LogP contribution in [0, 0.1) is 5.92 Å². The van der Waals surface area contributed by atoms with Crippen molar-refractivity contribution in [2.45, 2.75) is 50.5 Å². The van der Waals surface area contributed by atoms with Crippen molar-refractivity contribution >= 4 is 15.7 Å². The SMILES string of the molecule is CCCNS(=O)(=O)c1ccc(NC2CC2CCC)cc1. The third-order valence-electron chi connectivity index (χ3n) is 3.64. The Bertz CT molecular complexity index is 525. The number of hydrogen-bond donors (Lipinski definition) is 2. The Balaban J connectivity index is 1.93. The lowest BCUT2D eigenvalue weighted by atomic mass is 10.2. The van der Waals surface area contributed by atoms with E-state index in [-0.39, 0.29) is 0 Å². The standard InChI is InChI=1S/C15H24N2O2S/c1-3-5-12-11-15(12)17-13-6-8-14(9-7-13)20(18,19)16-10-4-2/h6-9,12,15-17H,3-5,10-11H2,1-2H3. The Labute approximate surface area is 122 Å². The predicted octanol–water partition coefficient (Wildman–Crippen LogP) is 2.98. The maximum atomic E-state index is 11.9. The van der Waals surface area contributed by atoms with Gasteiger partial charge in [0.15, 0.2) is 0 Å². The van der Waals surface area contributed by atoms with Crippen LogP contribution >= 0.6 is 0 Å². The maximum Gasteiger partial charge on any atom is 0.240 e. The van der Waals surface area contributed by atoms with Crippen molar-refractivity contribution < 1.29 is 8.42 Å². The Kier molecular flexibility index (Phi) is 5.05. The highest BCUT2D eigenvalue weighted by Crippen LogP contribution is 2.37. The molecule has 1 aromatic rings. The van der Waals surface area contributed by atoms with Gasteiger partial charge >= 0.3 is 0 Å². The summed E-state index contributed by atoms with van der Waals surface area (Å²) in [5, 5.41) is 3.46. The fraction of sp³-hybridized carbons (Fsp3) is 0.600. The molecule has 4 nitrogen and oxygen atoms in total. The van der Waals surface area contributed by atoms with E-state index >= 15 is 0 Å². The van der Waals surface area contributed by atoms with Crippen molar-refractivity contribution in [2.24, 2.45) is 5.92 Å². The van der Waals surface area contributed by atoms with Gasteiger partial charge in [-0.1, -0.05) is 20.3 Å². The molecule has 1 aromatic carbocycles. The van der Waals surface area contributed by atoms with Crippen molar-refractivity contribution in [1.82, 2.24) is 4.72 Å². The molecule has 1 aliphatic rings. The molecule has 0 radical (unpaired) electrons. The van der Waals surface area contributed by atoms with E-state index in [0.29, 0.717) is 17.5 Å². The molecule has 0 amide bonds. The minimum absolute atomic E-state index is 0.331. The summed E-state index contributed by atoms with van der Waals surface area (Å²) in [5.41, 5.74) is 1.00. The van der Waals surface area contributed by atoms with Crippen LogP contribution < -0.4 is 10.0 Å². The van der Waals surface area contributed by atoms with Gasteiger partial charge in [0.25, 0.3) is 0 Å². The average molecular weight is 296 g/mol. The topological polar surface area (TPSA) is 58.2 Å². The van der Waals surface area contributed by atoms with Crippen LogP contribution in [0.4, 0.5) is 5.69 Å². The van der Waals surface area contributed by atoms with Gasteiger partial charge in [0.05, 0.1) is 4.90 Å². The monoisotopic (exact) mass is 296 g/mol. The van der Waals surface area contributed by atoms with Crippen LogP contribution in [0.1, 0.15) is 39.5 Å². The van der Waals surface area contributed by atoms with Gasteiger partial charge in [0.2, 0.25) is 10.0 Å². The van der Waals surface area contributed by atoms with Crippen LogP contribution in [0.25, 0.3) is 0 Å². The molecule has 112 valence electrons. The minimum atomic E-state index is -3.35. The van der Waals surface area contributed by atoms with Crippen LogP contribution in [-0.4, -0.2) is 21.0 Å². The maximum absolute atomic E-state index is 11.9. The van der Waals surface area contributed by atoms with Crippen LogP contribution in [0.5, 0.6) is 0 Å². The van der Waals surface area contributed by atoms with E-state index in [1.807, 2.05) is 19.1 Å². The smallest absolute Gasteiger partial charge is 0.240 e. The summed E-state index contributed by atoms with van der Waals surface area (Å²) >= 11 is 0. The summed E-state index contributed by atoms with van der Waals surface area (Å²) in [6, 6.07) is 7.59. The zero-order valence-corrected chi connectivity index (χ0v) is 13.0. The van der Waals surface area contributed by atoms with Crippen molar-refractivity contribution in [2.75, 3.05) is 11.9 Å². The summed E-state index contributed by atoms with van der Waals surface area (Å²) in [5.74, 6) is 0.787. The molecule has 0 saturated heterocycles. The number of anilines is 1. The molecule has 1 fully saturated rings. The number of sulfonamides is 1. The highest BCUT2D eigenvalue weighted by molar-refractivity contribution is 7.89. The molecule has 1 aliphatic carbocycles. The lowest BCUT2D eigenvalue weighted by Gasteiger charge is -2.08. The Morgan fingerprint density at radius 3 is 2.45 bits per heavy atom. The summed E-state index contributed by atoms with van der Waals surface area (Å²) in [6.07, 6.45) is 4.51. The largest absolute Gasteiger partial charge is 0.382 e. The van der Waals surface area contributed by atoms with Crippen LogP contribution in [-0.2, 0) is 10.0 Å². The summed E-state index contributed by atoms with van der Waals surface area (Å²) in [4.78, 5) is 0.331. The first-order valence-electron chi connectivity index (χ1n) is 7.43. The van der Waals surface area contributed by atoms with Crippen molar-refractivity contribution in [3.63, 3.8) is 0 Å². The molecular weight excluding hydrogens is 272 g/mol. The highest BCUT2D eigenvalue weighted by atomic mass is 32.2. The highest BCUT2D eigenvalue weighted by Gasteiger charge is 2.35. The zero-order valence-electron chi connectivity index (χ0n) is 12.2. The molecule has 2 rings (SSSR count). The van der Waals surface area contributed by atoms with Gasteiger partial charge in [-0.25, -0.2) is 13.1 Å². The third kappa shape index (κ3) is 3.96. The molecule has 0 aliphatic heterocycles. The summed E-state index contributed by atoms with van der Waals surface area (Å²) in [6.45, 7) is 4.62. The van der Waals surface area contributed by atoms with Crippen LogP contribution in [0.15, 0.2) is 29.2 Å². The van der Waals surface area contributed by atoms with E-state index in [4.69, 9.17) is 0 Å². The molecule has 0 spiro atoms. The van der Waals surface area contributed by atoms with E-state index in [0.717, 1.165) is 18.0 Å². The lowest BCUT2D eigenvalue weighted by Crippen LogP contribution is -2.24. The van der Waals surface area contributed by atoms with Gasteiger partial charge < -0.3 is 5.32 Å². The van der Waals surface area contributed by atoms with Gasteiger partial charge in [-0.2, -0.15) is 0 Å². The number of benzene rings is 1. The zero-order chi connectivity index (χ0) is 14.6. The molecule has 20 heavy (non-hydrogen) atoms. The lowest BCUT2D eigenvalue weighted by molar-refractivity contribution is 0.581. The van der Waals surface area contributed by atoms with E-state index in [1.54, 1.807) is 12.1 Å². The number of hydrogen-bond acceptors (Lipinski definition) is 3. The first-order chi connectivity index (χ1) is 9.56. The number of nitrogens with one attached hydrogen (secondary N) is 2. The molecule has 2 unspecified atom stereocenters. The van der Waals surface area contributed by atoms with E-state index in [9.17, 15) is 8.42 Å². The van der Waals surface area contributed by atoms with E-state index < -0.39 is 10.0 Å². The molecule has 0 aromatic heterocycles. The molecule has 0 heterocycles. The second-order valence-electron chi connectivity index (χ2n) is 5.46. The van der Waals surface area contributed by atoms with Crippen LogP contribution in [0.3, 0.4) is 0 Å². The quantitative estimate of drug-likeness (QED) is 0.775. The second kappa shape index (κ2) is 6.59.